The van der Waals surface area contributed by atoms with Gasteiger partial charge in [-0.1, -0.05) is 12.1 Å². The molecule has 0 bridgehead atoms. The molecule has 0 saturated carbocycles. The fourth-order valence-electron chi connectivity index (χ4n) is 3.74. The molecule has 1 aromatic heterocycles. The molecule has 4 aromatic rings. The number of hydrogen-bond donors (Lipinski definition) is 3. The zero-order valence-electron chi connectivity index (χ0n) is 20.7. The van der Waals surface area contributed by atoms with Crippen molar-refractivity contribution in [1.82, 2.24) is 9.55 Å². The number of nitrogens with zero attached hydrogens (tertiary/aromatic N) is 1. The number of nitrogens with one attached hydrogen (secondary N) is 3. The Kier molecular flexibility index (Phi) is 7.11. The lowest BCUT2D eigenvalue weighted by atomic mass is 10.1. The third kappa shape index (κ3) is 5.94. The third-order valence-corrected chi connectivity index (χ3v) is 5.38. The SMILES string of the molecule is CC(C)(C)OC(=O)Nc1ccc(NC(=O)c2cc(Cn3c(=O)[nH]c(=O)c4c(F)cccc43)ccc2F)cc1. The van der Waals surface area contributed by atoms with Crippen LogP contribution < -0.4 is 21.9 Å². The number of aromatic nitrogens is 2. The number of amides is 2. The van der Waals surface area contributed by atoms with E-state index in [0.29, 0.717) is 16.9 Å². The van der Waals surface area contributed by atoms with Gasteiger partial charge in [-0.15, -0.1) is 0 Å². The molecule has 0 spiro atoms. The molecular weight excluding hydrogens is 498 g/mol. The highest BCUT2D eigenvalue weighted by Crippen LogP contribution is 2.19. The van der Waals surface area contributed by atoms with Crippen molar-refractivity contribution in [2.45, 2.75) is 32.9 Å². The molecule has 3 N–H and O–H groups in total. The number of carbonyl (C=O) groups is 2. The Morgan fingerprint density at radius 1 is 0.921 bits per heavy atom. The second kappa shape index (κ2) is 10.3. The van der Waals surface area contributed by atoms with Crippen LogP contribution in [0.4, 0.5) is 25.0 Å². The van der Waals surface area contributed by atoms with Gasteiger partial charge in [-0.25, -0.2) is 18.4 Å². The van der Waals surface area contributed by atoms with Gasteiger partial charge in [0.2, 0.25) is 0 Å². The van der Waals surface area contributed by atoms with Gasteiger partial charge in [0.25, 0.3) is 11.5 Å². The maximum atomic E-state index is 14.6. The van der Waals surface area contributed by atoms with Crippen molar-refractivity contribution in [3.05, 3.63) is 104 Å². The molecule has 0 fully saturated rings. The summed E-state index contributed by atoms with van der Waals surface area (Å²) in [4.78, 5) is 51.3. The van der Waals surface area contributed by atoms with E-state index < -0.39 is 40.5 Å². The summed E-state index contributed by atoms with van der Waals surface area (Å²) < 4.78 is 35.1. The number of rotatable bonds is 5. The molecule has 0 unspecified atom stereocenters. The number of aromatic amines is 1. The number of anilines is 2. The summed E-state index contributed by atoms with van der Waals surface area (Å²) in [7, 11) is 0. The van der Waals surface area contributed by atoms with E-state index in [1.54, 1.807) is 32.9 Å². The average molecular weight is 523 g/mol. The molecule has 3 aromatic carbocycles. The van der Waals surface area contributed by atoms with Crippen molar-refractivity contribution in [3.63, 3.8) is 0 Å². The fourth-order valence-corrected chi connectivity index (χ4v) is 3.74. The van der Waals surface area contributed by atoms with Gasteiger partial charge in [0.1, 0.15) is 17.2 Å². The zero-order chi connectivity index (χ0) is 27.6. The van der Waals surface area contributed by atoms with Gasteiger partial charge in [-0.05, 0) is 74.9 Å². The second-order valence-electron chi connectivity index (χ2n) is 9.45. The van der Waals surface area contributed by atoms with E-state index in [2.05, 4.69) is 15.6 Å². The van der Waals surface area contributed by atoms with Crippen LogP contribution in [0.15, 0.2) is 70.3 Å². The van der Waals surface area contributed by atoms with Crippen molar-refractivity contribution in [1.29, 1.82) is 0 Å². The summed E-state index contributed by atoms with van der Waals surface area (Å²) in [5, 5.41) is 4.86. The van der Waals surface area contributed by atoms with Crippen LogP contribution >= 0.6 is 0 Å². The van der Waals surface area contributed by atoms with Crippen molar-refractivity contribution < 1.29 is 23.1 Å². The summed E-state index contributed by atoms with van der Waals surface area (Å²) in [6.45, 7) is 5.06. The molecule has 0 aliphatic carbocycles. The maximum Gasteiger partial charge on any atom is 0.412 e. The largest absolute Gasteiger partial charge is 0.444 e. The van der Waals surface area contributed by atoms with Crippen LogP contribution in [-0.4, -0.2) is 27.2 Å². The molecule has 0 atom stereocenters. The molecule has 2 amide bonds. The van der Waals surface area contributed by atoms with Crippen molar-refractivity contribution in [2.24, 2.45) is 0 Å². The summed E-state index contributed by atoms with van der Waals surface area (Å²) in [6, 6.07) is 13.7. The van der Waals surface area contributed by atoms with E-state index >= 15 is 0 Å². The Morgan fingerprint density at radius 2 is 1.58 bits per heavy atom. The van der Waals surface area contributed by atoms with Gasteiger partial charge in [-0.2, -0.15) is 0 Å². The number of halogens is 2. The highest BCUT2D eigenvalue weighted by molar-refractivity contribution is 6.04. The Hall–Kier alpha value is -4.80. The molecule has 196 valence electrons. The molecule has 38 heavy (non-hydrogen) atoms. The fraction of sp³-hybridized carbons (Fsp3) is 0.185. The predicted octanol–water partition coefficient (Wildman–Crippen LogP) is 4.62. The van der Waals surface area contributed by atoms with E-state index in [9.17, 15) is 28.0 Å². The number of hydrogen-bond acceptors (Lipinski definition) is 5. The molecule has 0 aliphatic heterocycles. The summed E-state index contributed by atoms with van der Waals surface area (Å²) in [5.74, 6) is -2.33. The first-order valence-corrected chi connectivity index (χ1v) is 11.5. The highest BCUT2D eigenvalue weighted by atomic mass is 19.1. The second-order valence-corrected chi connectivity index (χ2v) is 9.45. The Morgan fingerprint density at radius 3 is 2.24 bits per heavy atom. The van der Waals surface area contributed by atoms with Crippen LogP contribution in [0.1, 0.15) is 36.7 Å². The van der Waals surface area contributed by atoms with Crippen molar-refractivity contribution in [3.8, 4) is 0 Å². The lowest BCUT2D eigenvalue weighted by molar-refractivity contribution is 0.0635. The number of ether oxygens (including phenoxy) is 1. The zero-order valence-corrected chi connectivity index (χ0v) is 20.7. The molecule has 0 saturated heterocycles. The first-order chi connectivity index (χ1) is 17.9. The van der Waals surface area contributed by atoms with Gasteiger partial charge in [0.05, 0.1) is 23.0 Å². The van der Waals surface area contributed by atoms with Crippen LogP contribution in [-0.2, 0) is 11.3 Å². The van der Waals surface area contributed by atoms with E-state index in [0.717, 1.165) is 16.7 Å². The normalized spacial score (nSPS) is 11.3. The number of benzene rings is 3. The quantitative estimate of drug-likeness (QED) is 0.353. The minimum absolute atomic E-state index is 0.0640. The number of carbonyl (C=O) groups excluding carboxylic acids is 2. The van der Waals surface area contributed by atoms with E-state index in [1.165, 1.54) is 36.4 Å². The van der Waals surface area contributed by atoms with E-state index in [1.807, 2.05) is 0 Å². The number of fused-ring (bicyclic) bond motifs is 1. The summed E-state index contributed by atoms with van der Waals surface area (Å²) >= 11 is 0. The van der Waals surface area contributed by atoms with Crippen LogP contribution in [0, 0.1) is 11.6 Å². The van der Waals surface area contributed by atoms with Crippen LogP contribution in [0.25, 0.3) is 10.9 Å². The third-order valence-electron chi connectivity index (χ3n) is 5.38. The van der Waals surface area contributed by atoms with Gasteiger partial charge >= 0.3 is 11.8 Å². The maximum absolute atomic E-state index is 14.6. The molecule has 0 radical (unpaired) electrons. The first-order valence-electron chi connectivity index (χ1n) is 11.5. The minimum atomic E-state index is -0.856. The summed E-state index contributed by atoms with van der Waals surface area (Å²) in [6.07, 6.45) is -0.634. The monoisotopic (exact) mass is 522 g/mol. The molecule has 11 heteroatoms. The van der Waals surface area contributed by atoms with E-state index in [-0.39, 0.29) is 23.0 Å². The lowest BCUT2D eigenvalue weighted by Gasteiger charge is -2.19. The highest BCUT2D eigenvalue weighted by Gasteiger charge is 2.17. The molecule has 9 nitrogen and oxygen atoms in total. The van der Waals surface area contributed by atoms with Crippen LogP contribution in [0.3, 0.4) is 0 Å². The number of H-pyrrole nitrogens is 1. The predicted molar refractivity (Wildman–Crippen MR) is 139 cm³/mol. The van der Waals surface area contributed by atoms with Gasteiger partial charge < -0.3 is 10.1 Å². The van der Waals surface area contributed by atoms with Gasteiger partial charge in [-0.3, -0.25) is 24.5 Å². The lowest BCUT2D eigenvalue weighted by Crippen LogP contribution is -2.31. The van der Waals surface area contributed by atoms with Gasteiger partial charge in [0.15, 0.2) is 0 Å². The van der Waals surface area contributed by atoms with E-state index in [4.69, 9.17) is 4.74 Å². The Bertz CT molecular complexity index is 1650. The topological polar surface area (TPSA) is 122 Å². The minimum Gasteiger partial charge on any atom is -0.444 e. The van der Waals surface area contributed by atoms with Crippen LogP contribution in [0.5, 0.6) is 0 Å². The van der Waals surface area contributed by atoms with Gasteiger partial charge in [0, 0.05) is 11.4 Å². The summed E-state index contributed by atoms with van der Waals surface area (Å²) in [5.41, 5.74) is -1.37. The molecule has 4 rings (SSSR count). The molecular formula is C27H24F2N4O5. The van der Waals surface area contributed by atoms with Crippen molar-refractivity contribution >= 4 is 34.3 Å². The Balaban J connectivity index is 1.53. The smallest absolute Gasteiger partial charge is 0.412 e. The first kappa shape index (κ1) is 26.3. The average Bonchev–Trinajstić information content (AvgIpc) is 2.82. The van der Waals surface area contributed by atoms with Crippen molar-refractivity contribution in [2.75, 3.05) is 10.6 Å². The molecule has 0 aliphatic rings. The standard InChI is InChI=1S/C27H24F2N4O5/c1-27(2,3)38-26(37)31-17-10-8-16(9-11-17)30-23(34)18-13-15(7-12-19(18)28)14-33-21-6-4-5-20(29)22(21)24(35)32-25(33)36/h4-13H,14H2,1-3H3,(H,30,34)(H,31,37)(H,32,35,36). The Labute approximate surface area is 215 Å². The molecule has 1 heterocycles. The van der Waals surface area contributed by atoms with Crippen LogP contribution in [0.2, 0.25) is 0 Å².